The van der Waals surface area contributed by atoms with E-state index < -0.39 is 17.7 Å². The van der Waals surface area contributed by atoms with E-state index in [1.54, 1.807) is 23.6 Å². The Labute approximate surface area is 239 Å². The molecule has 1 heterocycles. The highest BCUT2D eigenvalue weighted by atomic mass is 35.5. The zero-order valence-electron chi connectivity index (χ0n) is 21.1. The van der Waals surface area contributed by atoms with Gasteiger partial charge >= 0.3 is 5.97 Å². The van der Waals surface area contributed by atoms with Gasteiger partial charge in [0, 0.05) is 34.2 Å². The van der Waals surface area contributed by atoms with Crippen molar-refractivity contribution in [3.05, 3.63) is 74.0 Å². The monoisotopic (exact) mass is 592 g/mol. The second-order valence-electron chi connectivity index (χ2n) is 9.13. The Hall–Kier alpha value is -2.98. The number of thiazole rings is 1. The molecule has 0 unspecified atom stereocenters. The molecule has 7 nitrogen and oxygen atoms in total. The molecule has 0 atom stereocenters. The summed E-state index contributed by atoms with van der Waals surface area (Å²) in [7, 11) is 1.21. The smallest absolute Gasteiger partial charge is 0.371 e. The highest BCUT2D eigenvalue weighted by Crippen LogP contribution is 2.32. The fraction of sp³-hybridized carbons (Fsp3) is 0.321. The first-order valence-electron chi connectivity index (χ1n) is 12.4. The zero-order chi connectivity index (χ0) is 27.9. The van der Waals surface area contributed by atoms with Crippen molar-refractivity contribution >= 4 is 57.6 Å². The number of aliphatic carboxylic acids is 1. The first-order chi connectivity index (χ1) is 18.8. The number of rotatable bonds is 11. The van der Waals surface area contributed by atoms with E-state index in [1.807, 2.05) is 0 Å². The van der Waals surface area contributed by atoms with Gasteiger partial charge in [0.15, 0.2) is 5.13 Å². The van der Waals surface area contributed by atoms with Crippen LogP contribution in [0.1, 0.15) is 53.6 Å². The summed E-state index contributed by atoms with van der Waals surface area (Å²) in [6.45, 7) is 0.796. The molecule has 2 N–H and O–H groups in total. The van der Waals surface area contributed by atoms with Gasteiger partial charge in [0.1, 0.15) is 5.82 Å². The van der Waals surface area contributed by atoms with Crippen LogP contribution in [0.15, 0.2) is 41.5 Å². The summed E-state index contributed by atoms with van der Waals surface area (Å²) in [6, 6.07) is 7.80. The summed E-state index contributed by atoms with van der Waals surface area (Å²) in [5.74, 6) is -1.88. The predicted molar refractivity (Wildman–Crippen MR) is 151 cm³/mol. The van der Waals surface area contributed by atoms with Crippen LogP contribution in [0.25, 0.3) is 17.3 Å². The van der Waals surface area contributed by atoms with Gasteiger partial charge in [0.2, 0.25) is 5.76 Å². The molecule has 0 aliphatic heterocycles. The SMILES string of the molecule is CO/C(=C\c1c(Cl)cc(C(=O)Nc2nc(-c3cccc(COCCC4CCCC4)c3F)cs2)cc1Cl)C(=O)O. The molecule has 3 aromatic rings. The number of methoxy groups -OCH3 is 1. The number of amides is 1. The maximum atomic E-state index is 15.2. The lowest BCUT2D eigenvalue weighted by atomic mass is 10.1. The molecule has 0 radical (unpaired) electrons. The van der Waals surface area contributed by atoms with E-state index >= 15 is 4.39 Å². The van der Waals surface area contributed by atoms with Crippen LogP contribution in [-0.2, 0) is 20.9 Å². The Morgan fingerprint density at radius 1 is 1.23 bits per heavy atom. The third-order valence-electron chi connectivity index (χ3n) is 6.53. The molecule has 1 amide bonds. The minimum Gasteiger partial charge on any atom is -0.490 e. The Morgan fingerprint density at radius 3 is 2.62 bits per heavy atom. The van der Waals surface area contributed by atoms with Gasteiger partial charge in [-0.05, 0) is 36.6 Å². The van der Waals surface area contributed by atoms with Gasteiger partial charge in [-0.15, -0.1) is 11.3 Å². The molecule has 39 heavy (non-hydrogen) atoms. The molecule has 1 aromatic heterocycles. The maximum absolute atomic E-state index is 15.2. The van der Waals surface area contributed by atoms with Crippen molar-refractivity contribution in [2.75, 3.05) is 19.0 Å². The normalized spacial score (nSPS) is 14.0. The Balaban J connectivity index is 1.42. The van der Waals surface area contributed by atoms with Crippen LogP contribution in [0.2, 0.25) is 10.0 Å². The van der Waals surface area contributed by atoms with Gasteiger partial charge in [-0.3, -0.25) is 10.1 Å². The van der Waals surface area contributed by atoms with Crippen LogP contribution < -0.4 is 5.32 Å². The molecule has 206 valence electrons. The third kappa shape index (κ3) is 7.36. The summed E-state index contributed by atoms with van der Waals surface area (Å²) in [5, 5.41) is 13.9. The second kappa shape index (κ2) is 13.4. The molecule has 1 fully saturated rings. The first kappa shape index (κ1) is 29.0. The lowest BCUT2D eigenvalue weighted by molar-refractivity contribution is -0.135. The number of ether oxygens (including phenoxy) is 2. The number of carboxylic acids is 1. The fourth-order valence-corrected chi connectivity index (χ4v) is 5.74. The lowest BCUT2D eigenvalue weighted by Crippen LogP contribution is -2.12. The van der Waals surface area contributed by atoms with Gasteiger partial charge < -0.3 is 14.6 Å². The van der Waals surface area contributed by atoms with E-state index in [0.717, 1.165) is 17.8 Å². The highest BCUT2D eigenvalue weighted by Gasteiger charge is 2.18. The minimum absolute atomic E-state index is 0.0626. The average Bonchev–Trinajstić information content (AvgIpc) is 3.59. The molecule has 0 bridgehead atoms. The number of aromatic nitrogens is 1. The molecular weight excluding hydrogens is 566 g/mol. The standard InChI is InChI=1S/C28H27Cl2FN2O5S/c1-37-24(27(35)36)13-20-21(29)11-18(12-22(20)30)26(34)33-28-32-23(15-39-28)19-8-4-7-17(25(19)31)14-38-10-9-16-5-2-3-6-16/h4,7-8,11-13,15-16H,2-3,5-6,9-10,14H2,1H3,(H,35,36)(H,32,33,34)/b24-13-. The van der Waals surface area contributed by atoms with E-state index in [2.05, 4.69) is 10.3 Å². The highest BCUT2D eigenvalue weighted by molar-refractivity contribution is 7.14. The first-order valence-corrected chi connectivity index (χ1v) is 14.0. The summed E-state index contributed by atoms with van der Waals surface area (Å²) in [6.07, 6.45) is 7.25. The van der Waals surface area contributed by atoms with Crippen LogP contribution in [-0.4, -0.2) is 35.7 Å². The number of anilines is 1. The van der Waals surface area contributed by atoms with E-state index in [-0.39, 0.29) is 38.7 Å². The molecule has 11 heteroatoms. The predicted octanol–water partition coefficient (Wildman–Crippen LogP) is 7.68. The van der Waals surface area contributed by atoms with Gasteiger partial charge in [-0.1, -0.05) is 61.0 Å². The van der Waals surface area contributed by atoms with Crippen molar-refractivity contribution in [2.45, 2.75) is 38.7 Å². The largest absolute Gasteiger partial charge is 0.490 e. The Morgan fingerprint density at radius 2 is 1.95 bits per heavy atom. The van der Waals surface area contributed by atoms with Gasteiger partial charge in [-0.25, -0.2) is 14.2 Å². The minimum atomic E-state index is -1.29. The third-order valence-corrected chi connectivity index (χ3v) is 7.91. The molecule has 0 spiro atoms. The number of nitrogens with one attached hydrogen (secondary N) is 1. The average molecular weight is 594 g/mol. The summed E-state index contributed by atoms with van der Waals surface area (Å²) >= 11 is 13.7. The molecule has 1 saturated carbocycles. The van der Waals surface area contributed by atoms with Gasteiger partial charge in [0.05, 0.1) is 29.5 Å². The van der Waals surface area contributed by atoms with Crippen molar-refractivity contribution < 1.29 is 28.6 Å². The van der Waals surface area contributed by atoms with Gasteiger partial charge in [0.25, 0.3) is 5.91 Å². The molecule has 4 rings (SSSR count). The van der Waals surface area contributed by atoms with Crippen molar-refractivity contribution in [1.29, 1.82) is 0 Å². The van der Waals surface area contributed by atoms with Crippen LogP contribution in [0, 0.1) is 11.7 Å². The van der Waals surface area contributed by atoms with Crippen LogP contribution in [0.3, 0.4) is 0 Å². The Kier molecular flexibility index (Phi) is 9.96. The molecular formula is C28H27Cl2FN2O5S. The van der Waals surface area contributed by atoms with E-state index in [1.165, 1.54) is 51.0 Å². The van der Waals surface area contributed by atoms with Crippen LogP contribution in [0.4, 0.5) is 9.52 Å². The van der Waals surface area contributed by atoms with E-state index in [0.29, 0.717) is 29.3 Å². The number of carbonyl (C=O) groups is 2. The Bertz CT molecular complexity index is 1370. The molecule has 2 aromatic carbocycles. The lowest BCUT2D eigenvalue weighted by Gasteiger charge is -2.11. The fourth-order valence-electron chi connectivity index (χ4n) is 4.44. The summed E-state index contributed by atoms with van der Waals surface area (Å²) in [4.78, 5) is 28.4. The van der Waals surface area contributed by atoms with Crippen LogP contribution in [0.5, 0.6) is 0 Å². The second-order valence-corrected chi connectivity index (χ2v) is 10.8. The van der Waals surface area contributed by atoms with Crippen molar-refractivity contribution in [3.63, 3.8) is 0 Å². The maximum Gasteiger partial charge on any atom is 0.371 e. The quantitative estimate of drug-likeness (QED) is 0.135. The number of nitrogens with zero attached hydrogens (tertiary/aromatic N) is 1. The number of hydrogen-bond donors (Lipinski definition) is 2. The van der Waals surface area contributed by atoms with Gasteiger partial charge in [-0.2, -0.15) is 0 Å². The summed E-state index contributed by atoms with van der Waals surface area (Å²) < 4.78 is 25.8. The molecule has 0 saturated heterocycles. The number of carboxylic acid groups (broad SMARTS) is 1. The zero-order valence-corrected chi connectivity index (χ0v) is 23.5. The molecule has 1 aliphatic rings. The van der Waals surface area contributed by atoms with Crippen molar-refractivity contribution in [2.24, 2.45) is 5.92 Å². The van der Waals surface area contributed by atoms with Crippen molar-refractivity contribution in [1.82, 2.24) is 4.98 Å². The number of halogens is 3. The van der Waals surface area contributed by atoms with Crippen LogP contribution >= 0.6 is 34.5 Å². The number of carbonyl (C=O) groups excluding carboxylic acids is 1. The number of hydrogen-bond acceptors (Lipinski definition) is 6. The molecule has 1 aliphatic carbocycles. The van der Waals surface area contributed by atoms with E-state index in [4.69, 9.17) is 37.8 Å². The van der Waals surface area contributed by atoms with E-state index in [9.17, 15) is 9.59 Å². The van der Waals surface area contributed by atoms with Crippen molar-refractivity contribution in [3.8, 4) is 11.3 Å². The number of benzene rings is 2. The summed E-state index contributed by atoms with van der Waals surface area (Å²) in [5.41, 5.74) is 1.49. The topological polar surface area (TPSA) is 97.8 Å².